The smallest absolute Gasteiger partial charge is 0.450 e. The van der Waals surface area contributed by atoms with Crippen molar-refractivity contribution in [3.63, 3.8) is 0 Å². The van der Waals surface area contributed by atoms with Crippen LogP contribution in [-0.4, -0.2) is 3.98 Å². The average molecular weight is 284 g/mol. The summed E-state index contributed by atoms with van der Waals surface area (Å²) in [5.74, 6) is -0.213. The molecule has 6 heteroatoms. The summed E-state index contributed by atoms with van der Waals surface area (Å²) < 4.78 is 13.2. The Kier molecular flexibility index (Phi) is 2.90. The molecule has 1 heterocycles. The van der Waals surface area contributed by atoms with Crippen molar-refractivity contribution in [3.05, 3.63) is 22.1 Å². The van der Waals surface area contributed by atoms with Gasteiger partial charge in [0, 0.05) is 0 Å². The third kappa shape index (κ3) is 2.36. The lowest BCUT2D eigenvalue weighted by Crippen LogP contribution is -1.94. The van der Waals surface area contributed by atoms with Crippen LogP contribution < -0.4 is 5.82 Å². The van der Waals surface area contributed by atoms with Crippen LogP contribution >= 0.6 is 22.6 Å². The van der Waals surface area contributed by atoms with Crippen LogP contribution in [0, 0.1) is 6.92 Å². The summed E-state index contributed by atoms with van der Waals surface area (Å²) >= 11 is 1.48. The number of hydrogen-bond acceptors (Lipinski definition) is 5. The molecule has 0 aromatic carbocycles. The van der Waals surface area contributed by atoms with Gasteiger partial charge in [-0.15, -0.1) is 0 Å². The average Bonchev–Trinajstić information content (AvgIpc) is 2.26. The molecule has 5 nitrogen and oxygen atoms in total. The fourth-order valence-corrected chi connectivity index (χ4v) is 0.784. The van der Waals surface area contributed by atoms with Crippen molar-refractivity contribution in [3.8, 4) is 0 Å². The highest BCUT2D eigenvalue weighted by Gasteiger charge is 2.09. The molecule has 0 amide bonds. The molecule has 12 heavy (non-hydrogen) atoms. The molecule has 0 unspecified atom stereocenters. The lowest BCUT2D eigenvalue weighted by Gasteiger charge is -1.94. The highest BCUT2D eigenvalue weighted by atomic mass is 127. The van der Waals surface area contributed by atoms with Gasteiger partial charge in [0.2, 0.25) is 0 Å². The van der Waals surface area contributed by atoms with Crippen molar-refractivity contribution < 1.29 is 18.4 Å². The zero-order chi connectivity index (χ0) is 9.14. The Bertz CT molecular complexity index is 336. The number of carbonyl (C=O) groups excluding carboxylic acids is 1. The molecule has 0 saturated heterocycles. The van der Waals surface area contributed by atoms with Crippen molar-refractivity contribution in [2.45, 2.75) is 13.5 Å². The molecular weight excluding hydrogens is 279 g/mol. The maximum absolute atomic E-state index is 10.5. The normalized spacial score (nSPS) is 9.83. The Labute approximate surface area is 80.8 Å². The fraction of sp³-hybridized carbons (Fsp3) is 0.333. The van der Waals surface area contributed by atoms with Crippen LogP contribution in [0.5, 0.6) is 0 Å². The van der Waals surface area contributed by atoms with Crippen LogP contribution in [0.1, 0.15) is 11.5 Å². The number of ether oxygens (including phenoxy) is 1. The first-order chi connectivity index (χ1) is 5.59. The van der Waals surface area contributed by atoms with Gasteiger partial charge >= 0.3 is 9.80 Å². The minimum absolute atomic E-state index is 0.0701. The van der Waals surface area contributed by atoms with Gasteiger partial charge in [0.25, 0.3) is 0 Å². The highest BCUT2D eigenvalue weighted by molar-refractivity contribution is 14.1. The molecule has 0 bridgehead atoms. The molecule has 0 spiro atoms. The largest absolute Gasteiger partial charge is 0.519 e. The molecule has 0 radical (unpaired) electrons. The van der Waals surface area contributed by atoms with Gasteiger partial charge in [-0.25, -0.2) is 9.59 Å². The van der Waals surface area contributed by atoms with Crippen molar-refractivity contribution in [2.24, 2.45) is 0 Å². The Morgan fingerprint density at radius 3 is 2.67 bits per heavy atom. The second kappa shape index (κ2) is 3.74. The zero-order valence-electron chi connectivity index (χ0n) is 6.13. The maximum Gasteiger partial charge on any atom is 0.519 e. The second-order valence-corrected chi connectivity index (χ2v) is 2.84. The number of hydrogen-bond donors (Lipinski definition) is 0. The van der Waals surface area contributed by atoms with Crippen molar-refractivity contribution in [2.75, 3.05) is 0 Å². The van der Waals surface area contributed by atoms with E-state index in [0.717, 1.165) is 0 Å². The van der Waals surface area contributed by atoms with Crippen LogP contribution in [0.2, 0.25) is 0 Å². The van der Waals surface area contributed by atoms with Crippen LogP contribution in [0.3, 0.4) is 0 Å². The molecule has 0 N–H and O–H groups in total. The van der Waals surface area contributed by atoms with Crippen LogP contribution in [0.15, 0.2) is 13.6 Å². The molecule has 0 aliphatic heterocycles. The van der Waals surface area contributed by atoms with Crippen LogP contribution in [0.25, 0.3) is 0 Å². The van der Waals surface area contributed by atoms with Gasteiger partial charge in [0.05, 0.1) is 22.6 Å². The first-order valence-corrected chi connectivity index (χ1v) is 4.09. The van der Waals surface area contributed by atoms with Gasteiger partial charge in [-0.05, 0) is 6.92 Å². The SMILES string of the molecule is Cc1oc(=O)oc1COC(=O)I. The number of rotatable bonds is 2. The number of aryl methyl sites for hydroxylation is 1. The minimum atomic E-state index is -0.785. The monoisotopic (exact) mass is 284 g/mol. The standard InChI is InChI=1S/C6H5IO5/c1-3-4(2-10-5(7)8)12-6(9)11-3/h2H2,1H3. The van der Waals surface area contributed by atoms with Gasteiger partial charge in [-0.3, -0.25) is 0 Å². The molecule has 0 saturated carbocycles. The third-order valence-electron chi connectivity index (χ3n) is 1.15. The summed E-state index contributed by atoms with van der Waals surface area (Å²) in [5, 5.41) is 0. The van der Waals surface area contributed by atoms with E-state index in [1.54, 1.807) is 6.92 Å². The predicted molar refractivity (Wildman–Crippen MR) is 46.2 cm³/mol. The molecule has 1 aromatic heterocycles. The predicted octanol–water partition coefficient (Wildman–Crippen LogP) is 1.61. The van der Waals surface area contributed by atoms with Gasteiger partial charge in [-0.1, -0.05) is 0 Å². The molecule has 66 valence electrons. The first-order valence-electron chi connectivity index (χ1n) is 3.01. The molecule has 0 aliphatic rings. The molecule has 1 aromatic rings. The van der Waals surface area contributed by atoms with Gasteiger partial charge in [0.1, 0.15) is 0 Å². The van der Waals surface area contributed by atoms with E-state index in [9.17, 15) is 9.59 Å². The Morgan fingerprint density at radius 1 is 1.58 bits per heavy atom. The summed E-state index contributed by atoms with van der Waals surface area (Å²) in [7, 11) is 0. The third-order valence-corrected chi connectivity index (χ3v) is 1.46. The summed E-state index contributed by atoms with van der Waals surface area (Å²) in [4.78, 5) is 20.8. The Hall–Kier alpha value is -0.790. The maximum atomic E-state index is 10.5. The van der Waals surface area contributed by atoms with Crippen LogP contribution in [-0.2, 0) is 11.3 Å². The van der Waals surface area contributed by atoms with E-state index in [2.05, 4.69) is 13.6 Å². The van der Waals surface area contributed by atoms with E-state index in [-0.39, 0.29) is 12.4 Å². The van der Waals surface area contributed by atoms with Crippen molar-refractivity contribution >= 4 is 26.6 Å². The second-order valence-electron chi connectivity index (χ2n) is 1.96. The molecular formula is C6H5IO5. The van der Waals surface area contributed by atoms with E-state index in [0.29, 0.717) is 5.76 Å². The quantitative estimate of drug-likeness (QED) is 0.609. The first kappa shape index (κ1) is 9.30. The van der Waals surface area contributed by atoms with E-state index >= 15 is 0 Å². The van der Waals surface area contributed by atoms with Crippen LogP contribution in [0.4, 0.5) is 4.79 Å². The van der Waals surface area contributed by atoms with Gasteiger partial charge in [-0.2, -0.15) is 0 Å². The molecule has 0 fully saturated rings. The minimum Gasteiger partial charge on any atom is -0.450 e. The summed E-state index contributed by atoms with van der Waals surface area (Å²) in [6, 6.07) is 0. The van der Waals surface area contributed by atoms with E-state index < -0.39 is 9.80 Å². The van der Waals surface area contributed by atoms with Crippen molar-refractivity contribution in [1.82, 2.24) is 0 Å². The topological polar surface area (TPSA) is 69.7 Å². The van der Waals surface area contributed by atoms with Crippen molar-refractivity contribution in [1.29, 1.82) is 0 Å². The molecule has 0 aliphatic carbocycles. The van der Waals surface area contributed by atoms with Gasteiger partial charge in [0.15, 0.2) is 18.1 Å². The summed E-state index contributed by atoms with van der Waals surface area (Å²) in [6.45, 7) is 1.49. The number of halogens is 1. The van der Waals surface area contributed by atoms with E-state index in [1.807, 2.05) is 0 Å². The van der Waals surface area contributed by atoms with E-state index in [1.165, 1.54) is 22.6 Å². The van der Waals surface area contributed by atoms with E-state index in [4.69, 9.17) is 0 Å². The zero-order valence-corrected chi connectivity index (χ0v) is 8.28. The Balaban J connectivity index is 2.69. The van der Waals surface area contributed by atoms with Gasteiger partial charge < -0.3 is 13.6 Å². The molecule has 0 atom stereocenters. The number of carbonyl (C=O) groups is 1. The highest BCUT2D eigenvalue weighted by Crippen LogP contribution is 2.07. The lowest BCUT2D eigenvalue weighted by molar-refractivity contribution is 0.161. The molecule has 1 rings (SSSR count). The lowest BCUT2D eigenvalue weighted by atomic mass is 10.4. The summed E-state index contributed by atoms with van der Waals surface area (Å²) in [6.07, 6.45) is 0. The Morgan fingerprint density at radius 2 is 2.25 bits per heavy atom. The summed E-state index contributed by atoms with van der Waals surface area (Å²) in [5.41, 5.74) is 0. The fourth-order valence-electron chi connectivity index (χ4n) is 0.629.